The SMILES string of the molecule is CC(C)NC(=O)C1CCN(Cc2ccc3c(c2)OCO3)CC1. The maximum atomic E-state index is 12.0. The van der Waals surface area contributed by atoms with Crippen molar-refractivity contribution in [2.45, 2.75) is 39.3 Å². The summed E-state index contributed by atoms with van der Waals surface area (Å²) in [6.45, 7) is 7.15. The van der Waals surface area contributed by atoms with Gasteiger partial charge in [-0.05, 0) is 57.5 Å². The van der Waals surface area contributed by atoms with Gasteiger partial charge < -0.3 is 14.8 Å². The molecule has 0 aliphatic carbocycles. The molecule has 1 saturated heterocycles. The van der Waals surface area contributed by atoms with Gasteiger partial charge in [-0.2, -0.15) is 0 Å². The number of benzene rings is 1. The van der Waals surface area contributed by atoms with Gasteiger partial charge in [0.15, 0.2) is 11.5 Å². The molecule has 0 atom stereocenters. The Morgan fingerprint density at radius 1 is 1.27 bits per heavy atom. The van der Waals surface area contributed by atoms with Crippen molar-refractivity contribution >= 4 is 5.91 Å². The molecule has 1 aromatic carbocycles. The fourth-order valence-electron chi connectivity index (χ4n) is 3.05. The van der Waals surface area contributed by atoms with Crippen molar-refractivity contribution < 1.29 is 14.3 Å². The molecule has 0 unspecified atom stereocenters. The third-order valence-electron chi connectivity index (χ3n) is 4.23. The first-order chi connectivity index (χ1) is 10.6. The summed E-state index contributed by atoms with van der Waals surface area (Å²) in [4.78, 5) is 14.4. The molecular formula is C17H24N2O3. The van der Waals surface area contributed by atoms with Crippen LogP contribution in [0.1, 0.15) is 32.3 Å². The van der Waals surface area contributed by atoms with E-state index in [1.165, 1.54) is 5.56 Å². The highest BCUT2D eigenvalue weighted by Gasteiger charge is 2.25. The molecule has 0 saturated carbocycles. The van der Waals surface area contributed by atoms with Crippen molar-refractivity contribution in [3.8, 4) is 11.5 Å². The molecule has 5 heteroatoms. The summed E-state index contributed by atoms with van der Waals surface area (Å²) in [5, 5.41) is 3.02. The zero-order valence-corrected chi connectivity index (χ0v) is 13.3. The fraction of sp³-hybridized carbons (Fsp3) is 0.588. The van der Waals surface area contributed by atoms with Crippen LogP contribution in [0.5, 0.6) is 11.5 Å². The molecule has 0 radical (unpaired) electrons. The summed E-state index contributed by atoms with van der Waals surface area (Å²) in [5.74, 6) is 2.03. The summed E-state index contributed by atoms with van der Waals surface area (Å²) in [7, 11) is 0. The molecule has 2 heterocycles. The maximum Gasteiger partial charge on any atom is 0.231 e. The molecule has 0 spiro atoms. The molecule has 120 valence electrons. The Balaban J connectivity index is 1.51. The summed E-state index contributed by atoms with van der Waals surface area (Å²) < 4.78 is 10.8. The number of carbonyl (C=O) groups excluding carboxylic acids is 1. The Bertz CT molecular complexity index is 537. The van der Waals surface area contributed by atoms with Crippen LogP contribution in [0.3, 0.4) is 0 Å². The number of likely N-dealkylation sites (tertiary alicyclic amines) is 1. The van der Waals surface area contributed by atoms with Crippen molar-refractivity contribution in [1.82, 2.24) is 10.2 Å². The average molecular weight is 304 g/mol. The van der Waals surface area contributed by atoms with Gasteiger partial charge >= 0.3 is 0 Å². The van der Waals surface area contributed by atoms with Gasteiger partial charge in [0.05, 0.1) is 0 Å². The Labute approximate surface area is 131 Å². The number of fused-ring (bicyclic) bond motifs is 1. The predicted molar refractivity (Wildman–Crippen MR) is 83.8 cm³/mol. The van der Waals surface area contributed by atoms with Crippen molar-refractivity contribution in [2.24, 2.45) is 5.92 Å². The van der Waals surface area contributed by atoms with Crippen LogP contribution in [-0.2, 0) is 11.3 Å². The second kappa shape index (κ2) is 6.57. The first-order valence-electron chi connectivity index (χ1n) is 8.03. The van der Waals surface area contributed by atoms with E-state index in [-0.39, 0.29) is 17.9 Å². The number of hydrogen-bond donors (Lipinski definition) is 1. The third kappa shape index (κ3) is 3.53. The van der Waals surface area contributed by atoms with Gasteiger partial charge in [-0.1, -0.05) is 6.07 Å². The van der Waals surface area contributed by atoms with Gasteiger partial charge in [-0.25, -0.2) is 0 Å². The molecule has 22 heavy (non-hydrogen) atoms. The number of ether oxygens (including phenoxy) is 2. The van der Waals surface area contributed by atoms with Crippen LogP contribution in [0.25, 0.3) is 0 Å². The van der Waals surface area contributed by atoms with E-state index in [0.717, 1.165) is 44.0 Å². The number of amides is 1. The molecular weight excluding hydrogens is 280 g/mol. The number of carbonyl (C=O) groups is 1. The third-order valence-corrected chi connectivity index (χ3v) is 4.23. The largest absolute Gasteiger partial charge is 0.454 e. The van der Waals surface area contributed by atoms with Gasteiger partial charge in [0.1, 0.15) is 0 Å². The first kappa shape index (κ1) is 15.2. The van der Waals surface area contributed by atoms with Crippen LogP contribution in [0, 0.1) is 5.92 Å². The standard InChI is InChI=1S/C17H24N2O3/c1-12(2)18-17(20)14-5-7-19(8-6-14)10-13-3-4-15-16(9-13)22-11-21-15/h3-4,9,12,14H,5-8,10-11H2,1-2H3,(H,18,20). The fourth-order valence-corrected chi connectivity index (χ4v) is 3.05. The van der Waals surface area contributed by atoms with E-state index in [0.29, 0.717) is 6.79 Å². The summed E-state index contributed by atoms with van der Waals surface area (Å²) >= 11 is 0. The van der Waals surface area contributed by atoms with Gasteiger partial charge in [0.25, 0.3) is 0 Å². The van der Waals surface area contributed by atoms with Crippen molar-refractivity contribution in [1.29, 1.82) is 0 Å². The minimum atomic E-state index is 0.162. The Morgan fingerprint density at radius 2 is 2.00 bits per heavy atom. The summed E-state index contributed by atoms with van der Waals surface area (Å²) in [6.07, 6.45) is 1.87. The lowest BCUT2D eigenvalue weighted by Gasteiger charge is -2.31. The van der Waals surface area contributed by atoms with Crippen LogP contribution >= 0.6 is 0 Å². The van der Waals surface area contributed by atoms with E-state index in [2.05, 4.69) is 22.3 Å². The monoisotopic (exact) mass is 304 g/mol. The lowest BCUT2D eigenvalue weighted by atomic mass is 9.95. The molecule has 2 aliphatic rings. The molecule has 1 fully saturated rings. The van der Waals surface area contributed by atoms with Crippen LogP contribution in [0.2, 0.25) is 0 Å². The molecule has 0 bridgehead atoms. The van der Waals surface area contributed by atoms with Crippen LogP contribution in [-0.4, -0.2) is 36.7 Å². The van der Waals surface area contributed by atoms with Gasteiger partial charge in [0.2, 0.25) is 12.7 Å². The minimum Gasteiger partial charge on any atom is -0.454 e. The zero-order chi connectivity index (χ0) is 15.5. The van der Waals surface area contributed by atoms with Crippen LogP contribution in [0.15, 0.2) is 18.2 Å². The normalized spacial score (nSPS) is 18.7. The van der Waals surface area contributed by atoms with E-state index in [1.807, 2.05) is 19.9 Å². The predicted octanol–water partition coefficient (Wildman–Crippen LogP) is 2.15. The number of nitrogens with one attached hydrogen (secondary N) is 1. The second-order valence-corrected chi connectivity index (χ2v) is 6.40. The van der Waals surface area contributed by atoms with E-state index in [9.17, 15) is 4.79 Å². The number of nitrogens with zero attached hydrogens (tertiary/aromatic N) is 1. The van der Waals surface area contributed by atoms with Crippen LogP contribution in [0.4, 0.5) is 0 Å². The van der Waals surface area contributed by atoms with Gasteiger partial charge in [-0.15, -0.1) is 0 Å². The lowest BCUT2D eigenvalue weighted by molar-refractivity contribution is -0.127. The highest BCUT2D eigenvalue weighted by atomic mass is 16.7. The van der Waals surface area contributed by atoms with Gasteiger partial charge in [0, 0.05) is 18.5 Å². The molecule has 1 amide bonds. The molecule has 3 rings (SSSR count). The Morgan fingerprint density at radius 3 is 2.73 bits per heavy atom. The summed E-state index contributed by atoms with van der Waals surface area (Å²) in [6, 6.07) is 6.34. The highest BCUT2D eigenvalue weighted by Crippen LogP contribution is 2.33. The first-order valence-corrected chi connectivity index (χ1v) is 8.03. The quantitative estimate of drug-likeness (QED) is 0.926. The summed E-state index contributed by atoms with van der Waals surface area (Å²) in [5.41, 5.74) is 1.23. The van der Waals surface area contributed by atoms with Crippen molar-refractivity contribution in [3.05, 3.63) is 23.8 Å². The number of rotatable bonds is 4. The second-order valence-electron chi connectivity index (χ2n) is 6.40. The Kier molecular flexibility index (Phi) is 4.52. The van der Waals surface area contributed by atoms with Crippen LogP contribution < -0.4 is 14.8 Å². The molecule has 0 aromatic heterocycles. The topological polar surface area (TPSA) is 50.8 Å². The van der Waals surface area contributed by atoms with E-state index in [4.69, 9.17) is 9.47 Å². The Hall–Kier alpha value is -1.75. The van der Waals surface area contributed by atoms with Crippen molar-refractivity contribution in [2.75, 3.05) is 19.9 Å². The molecule has 1 N–H and O–H groups in total. The number of piperidine rings is 1. The van der Waals surface area contributed by atoms with Crippen molar-refractivity contribution in [3.63, 3.8) is 0 Å². The molecule has 1 aromatic rings. The smallest absolute Gasteiger partial charge is 0.231 e. The minimum absolute atomic E-state index is 0.162. The number of hydrogen-bond acceptors (Lipinski definition) is 4. The lowest BCUT2D eigenvalue weighted by Crippen LogP contribution is -2.42. The molecule has 5 nitrogen and oxygen atoms in total. The van der Waals surface area contributed by atoms with E-state index < -0.39 is 0 Å². The highest BCUT2D eigenvalue weighted by molar-refractivity contribution is 5.78. The zero-order valence-electron chi connectivity index (χ0n) is 13.3. The van der Waals surface area contributed by atoms with E-state index in [1.54, 1.807) is 0 Å². The maximum absolute atomic E-state index is 12.0. The van der Waals surface area contributed by atoms with E-state index >= 15 is 0 Å². The molecule has 2 aliphatic heterocycles. The average Bonchev–Trinajstić information content (AvgIpc) is 2.95. The van der Waals surface area contributed by atoms with Gasteiger partial charge in [-0.3, -0.25) is 9.69 Å².